The number of aliphatic hydroxyl groups is 2. The van der Waals surface area contributed by atoms with Gasteiger partial charge in [-0.25, -0.2) is 0 Å². The Hall–Kier alpha value is -0.160. The topological polar surface area (TPSA) is 61.7 Å². The van der Waals surface area contributed by atoms with Gasteiger partial charge in [0.05, 0.1) is 19.3 Å². The number of hydrogen-bond acceptors (Lipinski definition) is 4. The Balaban J connectivity index is 3.01. The molecule has 3 N–H and O–H groups in total. The largest absolute Gasteiger partial charge is 0.394 e. The van der Waals surface area contributed by atoms with E-state index in [1.807, 2.05) is 13.8 Å². The van der Waals surface area contributed by atoms with E-state index in [0.717, 1.165) is 0 Å². The molecule has 0 aromatic rings. The van der Waals surface area contributed by atoms with E-state index in [2.05, 4.69) is 5.48 Å². The summed E-state index contributed by atoms with van der Waals surface area (Å²) in [7, 11) is 0. The molecule has 0 aliphatic heterocycles. The van der Waals surface area contributed by atoms with Gasteiger partial charge in [-0.2, -0.15) is 5.48 Å². The lowest BCUT2D eigenvalue weighted by atomic mass is 10.2. The summed E-state index contributed by atoms with van der Waals surface area (Å²) in [5.41, 5.74) is 2.56. The van der Waals surface area contributed by atoms with Crippen LogP contribution in [0.4, 0.5) is 0 Å². The molecule has 0 saturated heterocycles. The third kappa shape index (κ3) is 7.74. The zero-order chi connectivity index (χ0) is 8.69. The fraction of sp³-hybridized carbons (Fsp3) is 1.00. The van der Waals surface area contributed by atoms with Crippen LogP contribution in [0.1, 0.15) is 13.8 Å². The third-order valence-electron chi connectivity index (χ3n) is 1.05. The fourth-order valence-electron chi connectivity index (χ4n) is 0.445. The van der Waals surface area contributed by atoms with Gasteiger partial charge >= 0.3 is 0 Å². The Labute approximate surface area is 67.1 Å². The summed E-state index contributed by atoms with van der Waals surface area (Å²) < 4.78 is 0. The summed E-state index contributed by atoms with van der Waals surface area (Å²) in [5.74, 6) is 0.466. The summed E-state index contributed by atoms with van der Waals surface area (Å²) in [5, 5.41) is 17.2. The number of hydrogen-bond donors (Lipinski definition) is 3. The molecular weight excluding hydrogens is 146 g/mol. The predicted molar refractivity (Wildman–Crippen MR) is 41.9 cm³/mol. The van der Waals surface area contributed by atoms with Crippen molar-refractivity contribution >= 4 is 0 Å². The average Bonchev–Trinajstić information content (AvgIpc) is 1.97. The molecule has 0 saturated carbocycles. The molecule has 0 bridgehead atoms. The maximum Gasteiger partial charge on any atom is 0.0918 e. The highest BCUT2D eigenvalue weighted by Gasteiger charge is 2.00. The van der Waals surface area contributed by atoms with Crippen molar-refractivity contribution in [1.29, 1.82) is 0 Å². The van der Waals surface area contributed by atoms with Crippen LogP contribution in [-0.4, -0.2) is 36.1 Å². The van der Waals surface area contributed by atoms with Gasteiger partial charge in [0.1, 0.15) is 0 Å². The van der Waals surface area contributed by atoms with Crippen LogP contribution >= 0.6 is 0 Å². The van der Waals surface area contributed by atoms with Crippen molar-refractivity contribution in [2.24, 2.45) is 5.92 Å². The highest BCUT2D eigenvalue weighted by atomic mass is 16.6. The van der Waals surface area contributed by atoms with Crippen LogP contribution in [0.3, 0.4) is 0 Å². The molecule has 0 aliphatic carbocycles. The quantitative estimate of drug-likeness (QED) is 0.365. The predicted octanol–water partition coefficient (Wildman–Crippen LogP) is -0.483. The van der Waals surface area contributed by atoms with Gasteiger partial charge in [0.15, 0.2) is 0 Å². The standard InChI is InChI=1S/C7H17NO3/c1-6(2)5-11-8-3-7(10)4-9/h6-10H,3-5H2,1-2H3/t7-/m0/s1. The lowest BCUT2D eigenvalue weighted by Gasteiger charge is -2.10. The maximum absolute atomic E-state index is 8.83. The van der Waals surface area contributed by atoms with Gasteiger partial charge in [0, 0.05) is 6.54 Å². The minimum absolute atomic E-state index is 0.238. The molecule has 1 atom stereocenters. The fourth-order valence-corrected chi connectivity index (χ4v) is 0.445. The van der Waals surface area contributed by atoms with Gasteiger partial charge in [-0.3, -0.25) is 0 Å². The minimum atomic E-state index is -0.734. The number of nitrogens with one attached hydrogen (secondary N) is 1. The number of hydroxylamine groups is 1. The van der Waals surface area contributed by atoms with Crippen molar-refractivity contribution in [3.05, 3.63) is 0 Å². The maximum atomic E-state index is 8.83. The summed E-state index contributed by atoms with van der Waals surface area (Å²) in [6, 6.07) is 0. The highest BCUT2D eigenvalue weighted by Crippen LogP contribution is 1.89. The van der Waals surface area contributed by atoms with Gasteiger partial charge in [-0.15, -0.1) is 0 Å². The van der Waals surface area contributed by atoms with Gasteiger partial charge in [0.2, 0.25) is 0 Å². The molecule has 0 radical (unpaired) electrons. The third-order valence-corrected chi connectivity index (χ3v) is 1.05. The van der Waals surface area contributed by atoms with E-state index in [0.29, 0.717) is 12.5 Å². The summed E-state index contributed by atoms with van der Waals surface area (Å²) in [4.78, 5) is 4.95. The van der Waals surface area contributed by atoms with Gasteiger partial charge in [-0.05, 0) is 5.92 Å². The second-order valence-corrected chi connectivity index (χ2v) is 2.89. The Kier molecular flexibility index (Phi) is 6.45. The van der Waals surface area contributed by atoms with Crippen LogP contribution < -0.4 is 5.48 Å². The first-order valence-electron chi connectivity index (χ1n) is 3.80. The number of rotatable bonds is 6. The monoisotopic (exact) mass is 163 g/mol. The van der Waals surface area contributed by atoms with Crippen LogP contribution in [0.5, 0.6) is 0 Å². The van der Waals surface area contributed by atoms with E-state index < -0.39 is 6.10 Å². The van der Waals surface area contributed by atoms with Crippen molar-refractivity contribution in [3.8, 4) is 0 Å². The molecule has 0 unspecified atom stereocenters. The molecule has 0 heterocycles. The van der Waals surface area contributed by atoms with Crippen molar-refractivity contribution in [3.63, 3.8) is 0 Å². The molecule has 68 valence electrons. The molecule has 0 aromatic carbocycles. The van der Waals surface area contributed by atoms with Crippen LogP contribution in [0.15, 0.2) is 0 Å². The van der Waals surface area contributed by atoms with Gasteiger partial charge in [-0.1, -0.05) is 13.8 Å². The lowest BCUT2D eigenvalue weighted by Crippen LogP contribution is -2.30. The van der Waals surface area contributed by atoms with E-state index in [9.17, 15) is 0 Å². The average molecular weight is 163 g/mol. The molecule has 0 amide bonds. The van der Waals surface area contributed by atoms with E-state index >= 15 is 0 Å². The lowest BCUT2D eigenvalue weighted by molar-refractivity contribution is -0.0102. The highest BCUT2D eigenvalue weighted by molar-refractivity contribution is 4.51. The molecule has 11 heavy (non-hydrogen) atoms. The first kappa shape index (κ1) is 10.8. The first-order chi connectivity index (χ1) is 5.16. The molecule has 0 aliphatic rings. The van der Waals surface area contributed by atoms with Gasteiger partial charge in [0.25, 0.3) is 0 Å². The Morgan fingerprint density at radius 3 is 2.55 bits per heavy atom. The van der Waals surface area contributed by atoms with Crippen molar-refractivity contribution in [2.75, 3.05) is 19.8 Å². The van der Waals surface area contributed by atoms with E-state index in [-0.39, 0.29) is 13.2 Å². The summed E-state index contributed by atoms with van der Waals surface area (Å²) >= 11 is 0. The second-order valence-electron chi connectivity index (χ2n) is 2.89. The van der Waals surface area contributed by atoms with Crippen LogP contribution in [0.2, 0.25) is 0 Å². The Morgan fingerprint density at radius 2 is 2.09 bits per heavy atom. The Bertz CT molecular complexity index is 87.8. The summed E-state index contributed by atoms with van der Waals surface area (Å²) in [6.07, 6.45) is -0.734. The SMILES string of the molecule is CC(C)CONC[C@H](O)CO. The van der Waals surface area contributed by atoms with E-state index in [1.54, 1.807) is 0 Å². The van der Waals surface area contributed by atoms with Gasteiger partial charge < -0.3 is 15.1 Å². The van der Waals surface area contributed by atoms with E-state index in [1.165, 1.54) is 0 Å². The first-order valence-corrected chi connectivity index (χ1v) is 3.80. The molecule has 4 nitrogen and oxygen atoms in total. The van der Waals surface area contributed by atoms with Crippen molar-refractivity contribution < 1.29 is 15.1 Å². The molecule has 0 aromatic heterocycles. The molecule has 4 heteroatoms. The smallest absolute Gasteiger partial charge is 0.0918 e. The molecule has 0 spiro atoms. The zero-order valence-corrected chi connectivity index (χ0v) is 7.08. The Morgan fingerprint density at radius 1 is 1.45 bits per heavy atom. The second kappa shape index (κ2) is 6.54. The molecule has 0 fully saturated rings. The normalized spacial score (nSPS) is 13.9. The van der Waals surface area contributed by atoms with E-state index in [4.69, 9.17) is 15.1 Å². The molecule has 0 rings (SSSR count). The van der Waals surface area contributed by atoms with Crippen molar-refractivity contribution in [2.45, 2.75) is 20.0 Å². The number of aliphatic hydroxyl groups excluding tert-OH is 2. The summed E-state index contributed by atoms with van der Waals surface area (Å²) in [6.45, 7) is 4.70. The van der Waals surface area contributed by atoms with Crippen LogP contribution in [0.25, 0.3) is 0 Å². The molecular formula is C7H17NO3. The minimum Gasteiger partial charge on any atom is -0.394 e. The van der Waals surface area contributed by atoms with Crippen molar-refractivity contribution in [1.82, 2.24) is 5.48 Å². The van der Waals surface area contributed by atoms with Crippen LogP contribution in [0, 0.1) is 5.92 Å². The zero-order valence-electron chi connectivity index (χ0n) is 7.08. The van der Waals surface area contributed by atoms with Crippen LogP contribution in [-0.2, 0) is 4.84 Å².